The van der Waals surface area contributed by atoms with E-state index in [1.54, 1.807) is 11.8 Å². The first kappa shape index (κ1) is 11.5. The molecule has 0 spiro atoms. The third-order valence-electron chi connectivity index (χ3n) is 3.13. The van der Waals surface area contributed by atoms with Gasteiger partial charge in [-0.25, -0.2) is 15.0 Å². The van der Waals surface area contributed by atoms with E-state index in [1.807, 2.05) is 0 Å². The third-order valence-corrected chi connectivity index (χ3v) is 4.33. The fourth-order valence-electron chi connectivity index (χ4n) is 2.38. The first-order valence-electron chi connectivity index (χ1n) is 5.81. The van der Waals surface area contributed by atoms with E-state index in [4.69, 9.17) is 11.5 Å². The maximum Gasteiger partial charge on any atom is 0.154 e. The van der Waals surface area contributed by atoms with Crippen LogP contribution in [0.1, 0.15) is 26.7 Å². The first-order valence-corrected chi connectivity index (χ1v) is 6.63. The Morgan fingerprint density at radius 3 is 2.78 bits per heavy atom. The number of aromatic nitrogens is 2. The van der Waals surface area contributed by atoms with Crippen molar-refractivity contribution in [2.45, 2.75) is 31.7 Å². The van der Waals surface area contributed by atoms with Crippen LogP contribution in [0, 0.1) is 5.41 Å². The highest BCUT2D eigenvalue weighted by Gasteiger charge is 2.34. The lowest BCUT2D eigenvalue weighted by molar-refractivity contribution is 0.371. The van der Waals surface area contributed by atoms with Gasteiger partial charge in [-0.2, -0.15) is 0 Å². The van der Waals surface area contributed by atoms with Gasteiger partial charge in [0, 0.05) is 5.70 Å². The van der Waals surface area contributed by atoms with E-state index in [-0.39, 0.29) is 5.41 Å². The molecule has 1 aliphatic heterocycles. The molecule has 0 radical (unpaired) electrons. The van der Waals surface area contributed by atoms with Crippen molar-refractivity contribution in [2.75, 3.05) is 5.73 Å². The van der Waals surface area contributed by atoms with E-state index in [0.29, 0.717) is 11.5 Å². The number of nitrogens with two attached hydrogens (primary N) is 2. The van der Waals surface area contributed by atoms with Crippen molar-refractivity contribution in [3.8, 4) is 0 Å². The van der Waals surface area contributed by atoms with Crippen molar-refractivity contribution in [3.63, 3.8) is 0 Å². The molecule has 0 atom stereocenters. The molecular weight excluding hydrogens is 246 g/mol. The zero-order valence-corrected chi connectivity index (χ0v) is 11.2. The minimum Gasteiger partial charge on any atom is -0.401 e. The van der Waals surface area contributed by atoms with E-state index in [9.17, 15) is 0 Å². The maximum atomic E-state index is 6.16. The average Bonchev–Trinajstić information content (AvgIpc) is 2.27. The van der Waals surface area contributed by atoms with Crippen LogP contribution in [-0.4, -0.2) is 15.7 Å². The fraction of sp³-hybridized carbons (Fsp3) is 0.417. The molecule has 1 aromatic heterocycles. The molecule has 0 fully saturated rings. The third kappa shape index (κ3) is 1.77. The van der Waals surface area contributed by atoms with Gasteiger partial charge in [-0.05, 0) is 18.3 Å². The SMILES string of the molecule is CC1(C)CC2=Nc3c(N)ncnc3SC2=C(N)C1. The second kappa shape index (κ2) is 3.71. The molecule has 3 rings (SSSR count). The summed E-state index contributed by atoms with van der Waals surface area (Å²) in [5, 5.41) is 0.795. The quantitative estimate of drug-likeness (QED) is 0.699. The van der Waals surface area contributed by atoms with Crippen molar-refractivity contribution in [3.05, 3.63) is 16.9 Å². The van der Waals surface area contributed by atoms with Gasteiger partial charge in [0.25, 0.3) is 0 Å². The Kier molecular flexibility index (Phi) is 2.38. The van der Waals surface area contributed by atoms with Crippen LogP contribution in [0.5, 0.6) is 0 Å². The zero-order chi connectivity index (χ0) is 12.9. The summed E-state index contributed by atoms with van der Waals surface area (Å²) in [4.78, 5) is 13.9. The Balaban J connectivity index is 2.16. The minimum absolute atomic E-state index is 0.148. The van der Waals surface area contributed by atoms with Crippen LogP contribution in [0.15, 0.2) is 26.9 Å². The summed E-state index contributed by atoms with van der Waals surface area (Å²) in [5.41, 5.74) is 14.8. The fourth-order valence-corrected chi connectivity index (χ4v) is 3.36. The highest BCUT2D eigenvalue weighted by Crippen LogP contribution is 2.47. The van der Waals surface area contributed by atoms with Crippen molar-refractivity contribution < 1.29 is 0 Å². The molecule has 0 bridgehead atoms. The van der Waals surface area contributed by atoms with Gasteiger partial charge in [-0.1, -0.05) is 25.6 Å². The molecule has 18 heavy (non-hydrogen) atoms. The van der Waals surface area contributed by atoms with Crippen LogP contribution >= 0.6 is 11.8 Å². The van der Waals surface area contributed by atoms with Gasteiger partial charge in [-0.15, -0.1) is 0 Å². The predicted molar refractivity (Wildman–Crippen MR) is 73.6 cm³/mol. The molecule has 0 aromatic carbocycles. The summed E-state index contributed by atoms with van der Waals surface area (Å²) in [6, 6.07) is 0. The largest absolute Gasteiger partial charge is 0.401 e. The van der Waals surface area contributed by atoms with Gasteiger partial charge in [0.05, 0.1) is 10.6 Å². The molecule has 1 aliphatic carbocycles. The number of nitrogens with zero attached hydrogens (tertiary/aromatic N) is 3. The van der Waals surface area contributed by atoms with Gasteiger partial charge in [0.1, 0.15) is 17.0 Å². The van der Waals surface area contributed by atoms with Gasteiger partial charge in [-0.3, -0.25) is 0 Å². The van der Waals surface area contributed by atoms with Gasteiger partial charge >= 0.3 is 0 Å². The molecular formula is C12H15N5S. The van der Waals surface area contributed by atoms with Crippen molar-refractivity contribution >= 4 is 29.0 Å². The number of hydrogen-bond donors (Lipinski definition) is 2. The van der Waals surface area contributed by atoms with Crippen LogP contribution in [-0.2, 0) is 0 Å². The van der Waals surface area contributed by atoms with E-state index >= 15 is 0 Å². The van der Waals surface area contributed by atoms with E-state index in [1.165, 1.54) is 6.33 Å². The number of thioether (sulfide) groups is 1. The smallest absolute Gasteiger partial charge is 0.154 e. The molecule has 2 heterocycles. The normalized spacial score (nSPS) is 21.1. The zero-order valence-electron chi connectivity index (χ0n) is 10.4. The second-order valence-corrected chi connectivity index (χ2v) is 6.44. The van der Waals surface area contributed by atoms with Crippen LogP contribution in [0.25, 0.3) is 0 Å². The number of fused-ring (bicyclic) bond motifs is 2. The lowest BCUT2D eigenvalue weighted by atomic mass is 9.78. The van der Waals surface area contributed by atoms with Gasteiger partial charge < -0.3 is 11.5 Å². The average molecular weight is 261 g/mol. The number of hydrogen-bond acceptors (Lipinski definition) is 6. The molecule has 6 heteroatoms. The molecule has 1 aromatic rings. The van der Waals surface area contributed by atoms with Crippen molar-refractivity contribution in [1.29, 1.82) is 0 Å². The second-order valence-electron chi connectivity index (χ2n) is 5.45. The number of rotatable bonds is 0. The molecule has 4 N–H and O–H groups in total. The molecule has 0 saturated carbocycles. The van der Waals surface area contributed by atoms with Gasteiger partial charge in [0.15, 0.2) is 5.82 Å². The summed E-state index contributed by atoms with van der Waals surface area (Å²) in [6.45, 7) is 4.40. The lowest BCUT2D eigenvalue weighted by Crippen LogP contribution is -2.28. The Morgan fingerprint density at radius 2 is 2.00 bits per heavy atom. The Hall–Kier alpha value is -1.56. The number of anilines is 1. The van der Waals surface area contributed by atoms with Crippen LogP contribution in [0.4, 0.5) is 11.5 Å². The Bertz CT molecular complexity index is 588. The van der Waals surface area contributed by atoms with E-state index in [2.05, 4.69) is 28.8 Å². The summed E-state index contributed by atoms with van der Waals surface area (Å²) in [6.07, 6.45) is 3.26. The molecule has 5 nitrogen and oxygen atoms in total. The highest BCUT2D eigenvalue weighted by molar-refractivity contribution is 8.04. The summed E-state index contributed by atoms with van der Waals surface area (Å²) in [5.74, 6) is 0.431. The van der Waals surface area contributed by atoms with Crippen LogP contribution in [0.2, 0.25) is 0 Å². The highest BCUT2D eigenvalue weighted by atomic mass is 32.2. The molecule has 0 saturated heterocycles. The summed E-state index contributed by atoms with van der Waals surface area (Å²) >= 11 is 1.56. The van der Waals surface area contributed by atoms with Crippen LogP contribution in [0.3, 0.4) is 0 Å². The number of allylic oxidation sites excluding steroid dienone is 2. The molecule has 94 valence electrons. The van der Waals surface area contributed by atoms with Crippen molar-refractivity contribution in [2.24, 2.45) is 16.1 Å². The topological polar surface area (TPSA) is 90.2 Å². The standard InChI is InChI=1S/C12H15N5S/c1-12(2)3-6(13)9-7(4-12)17-8-10(14)15-5-16-11(8)18-9/h5H,3-4,13H2,1-2H3,(H2,14,15,16). The van der Waals surface area contributed by atoms with Crippen molar-refractivity contribution in [1.82, 2.24) is 9.97 Å². The molecule has 0 amide bonds. The van der Waals surface area contributed by atoms with E-state index in [0.717, 1.165) is 34.2 Å². The summed E-state index contributed by atoms with van der Waals surface area (Å²) in [7, 11) is 0. The maximum absolute atomic E-state index is 6.16. The Labute approximate surface area is 110 Å². The van der Waals surface area contributed by atoms with Crippen LogP contribution < -0.4 is 11.5 Å². The predicted octanol–water partition coefficient (Wildman–Crippen LogP) is 2.23. The Morgan fingerprint density at radius 1 is 1.22 bits per heavy atom. The number of nitrogen functional groups attached to an aromatic ring is 1. The first-order chi connectivity index (χ1) is 8.46. The molecule has 0 unspecified atom stereocenters. The van der Waals surface area contributed by atoms with Gasteiger partial charge in [0.2, 0.25) is 0 Å². The minimum atomic E-state index is 0.148. The summed E-state index contributed by atoms with van der Waals surface area (Å²) < 4.78 is 0. The van der Waals surface area contributed by atoms with E-state index < -0.39 is 0 Å². The lowest BCUT2D eigenvalue weighted by Gasteiger charge is -2.33. The monoisotopic (exact) mass is 261 g/mol. The number of aliphatic imine (C=N–C) groups is 1. The molecule has 2 aliphatic rings.